The third kappa shape index (κ3) is 3.42. The Kier molecular flexibility index (Phi) is 4.25. The van der Waals surface area contributed by atoms with Gasteiger partial charge in [-0.1, -0.05) is 22.0 Å². The molecule has 25 heavy (non-hydrogen) atoms. The van der Waals surface area contributed by atoms with Gasteiger partial charge < -0.3 is 14.4 Å². The molecule has 5 heteroatoms. The Morgan fingerprint density at radius 3 is 2.84 bits per heavy atom. The van der Waals surface area contributed by atoms with Gasteiger partial charge in [-0.2, -0.15) is 0 Å². The van der Waals surface area contributed by atoms with E-state index in [0.29, 0.717) is 18.0 Å². The number of carboxylic acids is 1. The minimum absolute atomic E-state index is 0.329. The van der Waals surface area contributed by atoms with Crippen molar-refractivity contribution in [2.75, 3.05) is 6.61 Å². The Bertz CT molecular complexity index is 943. The molecule has 0 atom stereocenters. The third-order valence-corrected chi connectivity index (χ3v) is 5.07. The van der Waals surface area contributed by atoms with E-state index in [1.807, 2.05) is 30.5 Å². The van der Waals surface area contributed by atoms with Crippen molar-refractivity contribution in [3.8, 4) is 5.75 Å². The standard InChI is InChI=1S/C20H18BrNO3/c21-15-6-7-19(25-12-13-4-5-13)14(10-15)11-22-9-8-16-17(20(23)24)2-1-3-18(16)22/h1-3,6-10,13H,4-5,11-12H2,(H,23,24). The van der Waals surface area contributed by atoms with Crippen LogP contribution in [0.1, 0.15) is 28.8 Å². The van der Waals surface area contributed by atoms with Crippen LogP contribution in [-0.4, -0.2) is 22.2 Å². The summed E-state index contributed by atoms with van der Waals surface area (Å²) in [6, 6.07) is 13.3. The van der Waals surface area contributed by atoms with Crippen molar-refractivity contribution in [1.82, 2.24) is 4.57 Å². The molecule has 1 N–H and O–H groups in total. The van der Waals surface area contributed by atoms with E-state index in [1.54, 1.807) is 12.1 Å². The number of aromatic nitrogens is 1. The molecular formula is C20H18BrNO3. The van der Waals surface area contributed by atoms with Crippen LogP contribution in [0.15, 0.2) is 53.1 Å². The number of hydrogen-bond donors (Lipinski definition) is 1. The van der Waals surface area contributed by atoms with Crippen LogP contribution < -0.4 is 4.74 Å². The summed E-state index contributed by atoms with van der Waals surface area (Å²) in [5.74, 6) is 0.688. The second-order valence-electron chi connectivity index (χ2n) is 6.49. The maximum Gasteiger partial charge on any atom is 0.336 e. The molecule has 4 nitrogen and oxygen atoms in total. The smallest absolute Gasteiger partial charge is 0.336 e. The average molecular weight is 400 g/mol. The first-order chi connectivity index (χ1) is 12.1. The van der Waals surface area contributed by atoms with Gasteiger partial charge >= 0.3 is 5.97 Å². The van der Waals surface area contributed by atoms with Crippen molar-refractivity contribution in [2.24, 2.45) is 5.92 Å². The number of rotatable bonds is 6. The zero-order valence-electron chi connectivity index (χ0n) is 13.6. The fraction of sp³-hybridized carbons (Fsp3) is 0.250. The first-order valence-electron chi connectivity index (χ1n) is 8.34. The SMILES string of the molecule is O=C(O)c1cccc2c1ccn2Cc1cc(Br)ccc1OCC1CC1. The van der Waals surface area contributed by atoms with E-state index in [2.05, 4.69) is 26.6 Å². The van der Waals surface area contributed by atoms with Crippen molar-refractivity contribution < 1.29 is 14.6 Å². The normalized spacial score (nSPS) is 14.0. The van der Waals surface area contributed by atoms with Crippen molar-refractivity contribution in [1.29, 1.82) is 0 Å². The summed E-state index contributed by atoms with van der Waals surface area (Å²) >= 11 is 3.53. The summed E-state index contributed by atoms with van der Waals surface area (Å²) < 4.78 is 9.08. The zero-order valence-corrected chi connectivity index (χ0v) is 15.2. The minimum atomic E-state index is -0.903. The van der Waals surface area contributed by atoms with Gasteiger partial charge in [-0.05, 0) is 55.2 Å². The first kappa shape index (κ1) is 16.2. The molecule has 1 aromatic heterocycles. The molecule has 1 aliphatic carbocycles. The summed E-state index contributed by atoms with van der Waals surface area (Å²) in [5.41, 5.74) is 2.32. The topological polar surface area (TPSA) is 51.5 Å². The van der Waals surface area contributed by atoms with Crippen LogP contribution in [0.2, 0.25) is 0 Å². The van der Waals surface area contributed by atoms with Gasteiger partial charge in [-0.3, -0.25) is 0 Å². The summed E-state index contributed by atoms with van der Waals surface area (Å²) in [6.45, 7) is 1.40. The molecule has 0 radical (unpaired) electrons. The van der Waals surface area contributed by atoms with Crippen molar-refractivity contribution in [3.05, 3.63) is 64.3 Å². The van der Waals surface area contributed by atoms with Crippen molar-refractivity contribution in [2.45, 2.75) is 19.4 Å². The second kappa shape index (κ2) is 6.56. The molecule has 0 spiro atoms. The molecule has 1 saturated carbocycles. The lowest BCUT2D eigenvalue weighted by atomic mass is 10.1. The molecule has 4 rings (SSSR count). The van der Waals surface area contributed by atoms with Crippen LogP contribution in [0.5, 0.6) is 5.75 Å². The fourth-order valence-corrected chi connectivity index (χ4v) is 3.44. The van der Waals surface area contributed by atoms with E-state index in [4.69, 9.17) is 4.74 Å². The van der Waals surface area contributed by atoms with Crippen molar-refractivity contribution >= 4 is 32.8 Å². The Labute approximate surface area is 154 Å². The van der Waals surface area contributed by atoms with Crippen molar-refractivity contribution in [3.63, 3.8) is 0 Å². The summed E-state index contributed by atoms with van der Waals surface area (Å²) in [4.78, 5) is 11.4. The molecule has 1 heterocycles. The van der Waals surface area contributed by atoms with Gasteiger partial charge in [0.25, 0.3) is 0 Å². The highest BCUT2D eigenvalue weighted by Gasteiger charge is 2.22. The number of ether oxygens (including phenoxy) is 1. The van der Waals surface area contributed by atoms with Crippen LogP contribution in [0.3, 0.4) is 0 Å². The Morgan fingerprint density at radius 1 is 1.24 bits per heavy atom. The number of carboxylic acid groups (broad SMARTS) is 1. The summed E-state index contributed by atoms with van der Waals surface area (Å²) in [5, 5.41) is 10.1. The molecule has 0 amide bonds. The lowest BCUT2D eigenvalue weighted by Crippen LogP contribution is -2.05. The molecule has 0 saturated heterocycles. The molecule has 0 unspecified atom stereocenters. The van der Waals surface area contributed by atoms with E-state index in [0.717, 1.165) is 33.3 Å². The quantitative estimate of drug-likeness (QED) is 0.638. The highest BCUT2D eigenvalue weighted by Crippen LogP contribution is 2.32. The third-order valence-electron chi connectivity index (χ3n) is 4.58. The van der Waals surface area contributed by atoms with Gasteiger partial charge in [0, 0.05) is 27.1 Å². The molecule has 128 valence electrons. The van der Waals surface area contributed by atoms with Gasteiger partial charge in [-0.15, -0.1) is 0 Å². The maximum absolute atomic E-state index is 11.4. The number of fused-ring (bicyclic) bond motifs is 1. The second-order valence-corrected chi connectivity index (χ2v) is 7.41. The van der Waals surface area contributed by atoms with Crippen LogP contribution in [0.25, 0.3) is 10.9 Å². The van der Waals surface area contributed by atoms with Crippen LogP contribution in [-0.2, 0) is 6.54 Å². The molecular weight excluding hydrogens is 382 g/mol. The maximum atomic E-state index is 11.4. The number of hydrogen-bond acceptors (Lipinski definition) is 2. The molecule has 3 aromatic rings. The number of aromatic carboxylic acids is 1. The fourth-order valence-electron chi connectivity index (χ4n) is 3.04. The minimum Gasteiger partial charge on any atom is -0.493 e. The molecule has 0 aliphatic heterocycles. The van der Waals surface area contributed by atoms with Gasteiger partial charge in [0.15, 0.2) is 0 Å². The van der Waals surface area contributed by atoms with Gasteiger partial charge in [0.2, 0.25) is 0 Å². The summed E-state index contributed by atoms with van der Waals surface area (Å²) in [6.07, 6.45) is 4.45. The van der Waals surface area contributed by atoms with E-state index in [9.17, 15) is 9.90 Å². The highest BCUT2D eigenvalue weighted by atomic mass is 79.9. The molecule has 2 aromatic carbocycles. The van der Waals surface area contributed by atoms with Gasteiger partial charge in [0.05, 0.1) is 18.7 Å². The van der Waals surface area contributed by atoms with Crippen LogP contribution in [0.4, 0.5) is 0 Å². The summed E-state index contributed by atoms with van der Waals surface area (Å²) in [7, 11) is 0. The Morgan fingerprint density at radius 2 is 2.08 bits per heavy atom. The number of nitrogens with zero attached hydrogens (tertiary/aromatic N) is 1. The number of benzene rings is 2. The monoisotopic (exact) mass is 399 g/mol. The molecule has 1 aliphatic rings. The molecule has 0 bridgehead atoms. The first-order valence-corrected chi connectivity index (χ1v) is 9.13. The zero-order chi connectivity index (χ0) is 17.4. The van der Waals surface area contributed by atoms with E-state index >= 15 is 0 Å². The average Bonchev–Trinajstić information content (AvgIpc) is 3.34. The number of carbonyl (C=O) groups is 1. The van der Waals surface area contributed by atoms with Gasteiger partial charge in [-0.25, -0.2) is 4.79 Å². The Hall–Kier alpha value is -2.27. The lowest BCUT2D eigenvalue weighted by Gasteiger charge is -2.13. The van der Waals surface area contributed by atoms with Crippen LogP contribution in [0, 0.1) is 5.92 Å². The van der Waals surface area contributed by atoms with Gasteiger partial charge in [0.1, 0.15) is 5.75 Å². The lowest BCUT2D eigenvalue weighted by molar-refractivity contribution is 0.0699. The van der Waals surface area contributed by atoms with E-state index in [-0.39, 0.29) is 0 Å². The predicted molar refractivity (Wildman–Crippen MR) is 100 cm³/mol. The number of halogens is 1. The highest BCUT2D eigenvalue weighted by molar-refractivity contribution is 9.10. The van der Waals surface area contributed by atoms with E-state index in [1.165, 1.54) is 12.8 Å². The molecule has 1 fully saturated rings. The largest absolute Gasteiger partial charge is 0.493 e. The Balaban J connectivity index is 1.67. The predicted octanol–water partition coefficient (Wildman–Crippen LogP) is 4.94. The van der Waals surface area contributed by atoms with Crippen LogP contribution >= 0.6 is 15.9 Å². The van der Waals surface area contributed by atoms with E-state index < -0.39 is 5.97 Å².